The molecular weight excluding hydrogens is 316 g/mol. The van der Waals surface area contributed by atoms with Crippen LogP contribution in [0.15, 0.2) is 47.0 Å². The molecule has 0 saturated carbocycles. The SMILES string of the molecule is COc1cc2onc(CCCNCCc3ccccc3)c2cc1OC. The lowest BCUT2D eigenvalue weighted by atomic mass is 10.1. The summed E-state index contributed by atoms with van der Waals surface area (Å²) >= 11 is 0. The van der Waals surface area contributed by atoms with E-state index in [2.05, 4.69) is 34.7 Å². The molecule has 0 radical (unpaired) electrons. The van der Waals surface area contributed by atoms with Gasteiger partial charge in [0.1, 0.15) is 0 Å². The van der Waals surface area contributed by atoms with Gasteiger partial charge in [-0.15, -0.1) is 0 Å². The Morgan fingerprint density at radius 2 is 1.72 bits per heavy atom. The van der Waals surface area contributed by atoms with Gasteiger partial charge in [0.15, 0.2) is 17.1 Å². The summed E-state index contributed by atoms with van der Waals surface area (Å²) in [5, 5.41) is 8.67. The molecule has 0 amide bonds. The standard InChI is InChI=1S/C20H24N2O3/c1-23-19-13-16-17(22-25-18(16)14-20(19)24-2)9-6-11-21-12-10-15-7-4-3-5-8-15/h3-5,7-8,13-14,21H,6,9-12H2,1-2H3. The number of nitrogens with zero attached hydrogens (tertiary/aromatic N) is 1. The number of methoxy groups -OCH3 is 2. The van der Waals surface area contributed by atoms with Crippen LogP contribution in [0.25, 0.3) is 11.0 Å². The third-order valence-electron chi connectivity index (χ3n) is 4.25. The normalized spacial score (nSPS) is 11.0. The highest BCUT2D eigenvalue weighted by Gasteiger charge is 2.13. The average Bonchev–Trinajstić information content (AvgIpc) is 3.06. The van der Waals surface area contributed by atoms with Crippen molar-refractivity contribution in [2.45, 2.75) is 19.3 Å². The van der Waals surface area contributed by atoms with E-state index in [1.165, 1.54) is 5.56 Å². The number of benzene rings is 2. The van der Waals surface area contributed by atoms with Gasteiger partial charge in [-0.2, -0.15) is 0 Å². The van der Waals surface area contributed by atoms with Crippen molar-refractivity contribution in [2.24, 2.45) is 0 Å². The number of rotatable bonds is 9. The first-order chi connectivity index (χ1) is 12.3. The molecule has 3 aromatic rings. The Morgan fingerprint density at radius 3 is 2.48 bits per heavy atom. The third kappa shape index (κ3) is 4.31. The minimum atomic E-state index is 0.653. The minimum absolute atomic E-state index is 0.653. The second kappa shape index (κ2) is 8.53. The van der Waals surface area contributed by atoms with Crippen LogP contribution in [0.3, 0.4) is 0 Å². The minimum Gasteiger partial charge on any atom is -0.493 e. The molecular formula is C20H24N2O3. The molecule has 0 fully saturated rings. The average molecular weight is 340 g/mol. The molecule has 132 valence electrons. The number of fused-ring (bicyclic) bond motifs is 1. The summed E-state index contributed by atoms with van der Waals surface area (Å²) in [5.41, 5.74) is 3.05. The summed E-state index contributed by atoms with van der Waals surface area (Å²) in [6, 6.07) is 14.3. The Hall–Kier alpha value is -2.53. The van der Waals surface area contributed by atoms with Crippen LogP contribution in [0, 0.1) is 0 Å². The van der Waals surface area contributed by atoms with Gasteiger partial charge in [0, 0.05) is 11.5 Å². The molecule has 1 aromatic heterocycles. The zero-order chi connectivity index (χ0) is 17.5. The maximum absolute atomic E-state index is 5.42. The molecule has 0 atom stereocenters. The monoisotopic (exact) mass is 340 g/mol. The summed E-state index contributed by atoms with van der Waals surface area (Å²) < 4.78 is 16.1. The molecule has 5 nitrogen and oxygen atoms in total. The van der Waals surface area contributed by atoms with Gasteiger partial charge in [-0.25, -0.2) is 0 Å². The highest BCUT2D eigenvalue weighted by molar-refractivity contribution is 5.83. The lowest BCUT2D eigenvalue weighted by Gasteiger charge is -2.07. The second-order valence-corrected chi connectivity index (χ2v) is 5.92. The summed E-state index contributed by atoms with van der Waals surface area (Å²) in [7, 11) is 3.25. The smallest absolute Gasteiger partial charge is 0.171 e. The molecule has 0 spiro atoms. The Balaban J connectivity index is 1.50. The van der Waals surface area contributed by atoms with E-state index in [1.807, 2.05) is 18.2 Å². The fourth-order valence-corrected chi connectivity index (χ4v) is 2.88. The van der Waals surface area contributed by atoms with Crippen LogP contribution in [0.4, 0.5) is 0 Å². The first-order valence-electron chi connectivity index (χ1n) is 8.56. The van der Waals surface area contributed by atoms with Gasteiger partial charge < -0.3 is 19.3 Å². The van der Waals surface area contributed by atoms with Crippen molar-refractivity contribution in [1.29, 1.82) is 0 Å². The van der Waals surface area contributed by atoms with E-state index in [4.69, 9.17) is 14.0 Å². The van der Waals surface area contributed by atoms with E-state index in [0.29, 0.717) is 11.5 Å². The van der Waals surface area contributed by atoms with Crippen LogP contribution in [-0.4, -0.2) is 32.5 Å². The summed E-state index contributed by atoms with van der Waals surface area (Å²) in [6.45, 7) is 1.93. The molecule has 5 heteroatoms. The van der Waals surface area contributed by atoms with Crippen LogP contribution < -0.4 is 14.8 Å². The molecule has 0 unspecified atom stereocenters. The van der Waals surface area contributed by atoms with E-state index in [-0.39, 0.29) is 0 Å². The molecule has 1 N–H and O–H groups in total. The van der Waals surface area contributed by atoms with Crippen molar-refractivity contribution in [3.63, 3.8) is 0 Å². The van der Waals surface area contributed by atoms with Crippen LogP contribution in [0.5, 0.6) is 11.5 Å². The second-order valence-electron chi connectivity index (χ2n) is 5.92. The van der Waals surface area contributed by atoms with E-state index < -0.39 is 0 Å². The summed E-state index contributed by atoms with van der Waals surface area (Å²) in [4.78, 5) is 0. The Kier molecular flexibility index (Phi) is 5.90. The highest BCUT2D eigenvalue weighted by Crippen LogP contribution is 2.33. The van der Waals surface area contributed by atoms with Gasteiger partial charge in [0.05, 0.1) is 19.9 Å². The maximum atomic E-state index is 5.42. The van der Waals surface area contributed by atoms with Gasteiger partial charge in [-0.3, -0.25) is 0 Å². The van der Waals surface area contributed by atoms with Gasteiger partial charge in [-0.1, -0.05) is 35.5 Å². The van der Waals surface area contributed by atoms with Crippen molar-refractivity contribution in [3.8, 4) is 11.5 Å². The Labute approximate surface area is 147 Å². The lowest BCUT2D eigenvalue weighted by Crippen LogP contribution is -2.19. The van der Waals surface area contributed by atoms with Gasteiger partial charge in [0.25, 0.3) is 0 Å². The fourth-order valence-electron chi connectivity index (χ4n) is 2.88. The molecule has 0 aliphatic heterocycles. The van der Waals surface area contributed by atoms with Crippen molar-refractivity contribution in [2.75, 3.05) is 27.3 Å². The summed E-state index contributed by atoms with van der Waals surface area (Å²) in [5.74, 6) is 1.35. The van der Waals surface area contributed by atoms with Crippen LogP contribution in [-0.2, 0) is 12.8 Å². The Morgan fingerprint density at radius 1 is 0.960 bits per heavy atom. The van der Waals surface area contributed by atoms with Crippen LogP contribution >= 0.6 is 0 Å². The van der Waals surface area contributed by atoms with E-state index >= 15 is 0 Å². The number of nitrogens with one attached hydrogen (secondary N) is 1. The number of hydrogen-bond acceptors (Lipinski definition) is 5. The number of ether oxygens (including phenoxy) is 2. The van der Waals surface area contributed by atoms with E-state index in [1.54, 1.807) is 14.2 Å². The van der Waals surface area contributed by atoms with Crippen molar-refractivity contribution in [3.05, 3.63) is 53.7 Å². The lowest BCUT2D eigenvalue weighted by molar-refractivity contribution is 0.354. The first kappa shape index (κ1) is 17.3. The summed E-state index contributed by atoms with van der Waals surface area (Å²) in [6.07, 6.45) is 2.91. The molecule has 0 bridgehead atoms. The molecule has 3 rings (SSSR count). The van der Waals surface area contributed by atoms with Crippen molar-refractivity contribution >= 4 is 11.0 Å². The van der Waals surface area contributed by atoms with Gasteiger partial charge in [-0.05, 0) is 44.0 Å². The zero-order valence-electron chi connectivity index (χ0n) is 14.7. The fraction of sp³-hybridized carbons (Fsp3) is 0.350. The van der Waals surface area contributed by atoms with Crippen molar-refractivity contribution < 1.29 is 14.0 Å². The van der Waals surface area contributed by atoms with Crippen LogP contribution in [0.1, 0.15) is 17.7 Å². The molecule has 2 aromatic carbocycles. The van der Waals surface area contributed by atoms with Gasteiger partial charge in [0.2, 0.25) is 0 Å². The molecule has 0 aliphatic carbocycles. The molecule has 0 saturated heterocycles. The molecule has 1 heterocycles. The predicted octanol–water partition coefficient (Wildman–Crippen LogP) is 3.61. The topological polar surface area (TPSA) is 56.5 Å². The number of hydrogen-bond donors (Lipinski definition) is 1. The molecule has 0 aliphatic rings. The first-order valence-corrected chi connectivity index (χ1v) is 8.56. The van der Waals surface area contributed by atoms with Crippen LogP contribution in [0.2, 0.25) is 0 Å². The quantitative estimate of drug-likeness (QED) is 0.603. The van der Waals surface area contributed by atoms with Crippen molar-refractivity contribution in [1.82, 2.24) is 10.5 Å². The molecule has 25 heavy (non-hydrogen) atoms. The number of aromatic nitrogens is 1. The predicted molar refractivity (Wildman–Crippen MR) is 98.4 cm³/mol. The number of aryl methyl sites for hydroxylation is 1. The largest absolute Gasteiger partial charge is 0.493 e. The van der Waals surface area contributed by atoms with E-state index in [0.717, 1.165) is 49.0 Å². The third-order valence-corrected chi connectivity index (χ3v) is 4.25. The Bertz CT molecular complexity index is 799. The highest BCUT2D eigenvalue weighted by atomic mass is 16.5. The van der Waals surface area contributed by atoms with Gasteiger partial charge >= 0.3 is 0 Å². The maximum Gasteiger partial charge on any atom is 0.171 e. The van der Waals surface area contributed by atoms with E-state index in [9.17, 15) is 0 Å². The zero-order valence-corrected chi connectivity index (χ0v) is 14.7.